The number of hydrogen-bond donors (Lipinski definition) is 4. The molecule has 0 radical (unpaired) electrons. The molecule has 1 fully saturated rings. The van der Waals surface area contributed by atoms with Crippen molar-refractivity contribution in [2.75, 3.05) is 54.0 Å². The molecular formula is C17H28N4O4+2. The Morgan fingerprint density at radius 1 is 1.24 bits per heavy atom. The van der Waals surface area contributed by atoms with Crippen LogP contribution in [0, 0.1) is 0 Å². The third kappa shape index (κ3) is 5.61. The summed E-state index contributed by atoms with van der Waals surface area (Å²) in [4.78, 5) is 14.9. The Kier molecular flexibility index (Phi) is 7.03. The van der Waals surface area contributed by atoms with Gasteiger partial charge in [-0.3, -0.25) is 4.79 Å². The summed E-state index contributed by atoms with van der Waals surface area (Å²) < 4.78 is 10.2. The first-order valence-electron chi connectivity index (χ1n) is 8.45. The number of aromatic hydroxyl groups is 1. The molecule has 138 valence electrons. The molecule has 1 aliphatic heterocycles. The number of amides is 1. The van der Waals surface area contributed by atoms with Gasteiger partial charge in [0.2, 0.25) is 11.7 Å². The third-order valence-corrected chi connectivity index (χ3v) is 4.42. The van der Waals surface area contributed by atoms with E-state index in [9.17, 15) is 9.90 Å². The first-order chi connectivity index (χ1) is 12.0. The average Bonchev–Trinajstić information content (AvgIpc) is 2.62. The molecule has 25 heavy (non-hydrogen) atoms. The van der Waals surface area contributed by atoms with Crippen LogP contribution in [-0.2, 0) is 4.79 Å². The smallest absolute Gasteiger partial charge is 0.245 e. The number of hydrogen-bond acceptors (Lipinski definition) is 5. The maximum atomic E-state index is 11.9. The summed E-state index contributed by atoms with van der Waals surface area (Å²) in [5.74, 6) is 0.400. The second-order valence-corrected chi connectivity index (χ2v) is 6.27. The minimum Gasteiger partial charge on any atom is -0.502 e. The van der Waals surface area contributed by atoms with Crippen molar-refractivity contribution >= 4 is 12.1 Å². The van der Waals surface area contributed by atoms with Crippen molar-refractivity contribution < 1.29 is 29.2 Å². The Morgan fingerprint density at radius 3 is 2.40 bits per heavy atom. The Balaban J connectivity index is 1.83. The predicted molar refractivity (Wildman–Crippen MR) is 93.7 cm³/mol. The summed E-state index contributed by atoms with van der Waals surface area (Å²) in [5.41, 5.74) is 3.19. The zero-order valence-corrected chi connectivity index (χ0v) is 15.1. The molecule has 1 amide bonds. The van der Waals surface area contributed by atoms with Gasteiger partial charge in [-0.1, -0.05) is 0 Å². The van der Waals surface area contributed by atoms with E-state index in [2.05, 4.69) is 17.6 Å². The lowest BCUT2D eigenvalue weighted by Crippen LogP contribution is -3.27. The van der Waals surface area contributed by atoms with Crippen LogP contribution in [-0.4, -0.2) is 71.2 Å². The summed E-state index contributed by atoms with van der Waals surface area (Å²) in [5, 5.41) is 13.8. The highest BCUT2D eigenvalue weighted by atomic mass is 16.5. The van der Waals surface area contributed by atoms with Gasteiger partial charge in [0.25, 0.3) is 0 Å². The van der Waals surface area contributed by atoms with Crippen molar-refractivity contribution in [1.82, 2.24) is 5.43 Å². The molecule has 8 nitrogen and oxygen atoms in total. The zero-order chi connectivity index (χ0) is 18.2. The van der Waals surface area contributed by atoms with Crippen LogP contribution in [0.3, 0.4) is 0 Å². The van der Waals surface area contributed by atoms with Crippen molar-refractivity contribution in [3.8, 4) is 17.2 Å². The maximum Gasteiger partial charge on any atom is 0.245 e. The van der Waals surface area contributed by atoms with Crippen molar-refractivity contribution in [2.45, 2.75) is 6.42 Å². The number of phenols is 1. The molecule has 0 aromatic heterocycles. The minimum absolute atomic E-state index is 0.0665. The highest BCUT2D eigenvalue weighted by molar-refractivity contribution is 5.84. The predicted octanol–water partition coefficient (Wildman–Crippen LogP) is -2.34. The lowest BCUT2D eigenvalue weighted by molar-refractivity contribution is -1.00. The summed E-state index contributed by atoms with van der Waals surface area (Å²) >= 11 is 0. The SMILES string of the molecule is COc1cc(/C=N/NC(=O)CC[NH+]2CC[NH+](C)CC2)cc(OC)c1O. The number of carbonyl (C=O) groups is 1. The molecule has 0 spiro atoms. The van der Waals surface area contributed by atoms with Crippen LogP contribution < -0.4 is 24.7 Å². The standard InChI is InChI=1S/C17H26N4O4/c1-20-6-8-21(9-7-20)5-4-16(22)19-18-12-13-10-14(24-2)17(23)15(11-13)25-3/h10-12,23H,4-9H2,1-3H3,(H,19,22)/p+2/b18-12+. The highest BCUT2D eigenvalue weighted by Gasteiger charge is 2.20. The molecule has 0 atom stereocenters. The molecule has 8 heteroatoms. The molecule has 0 saturated carbocycles. The van der Waals surface area contributed by atoms with Gasteiger partial charge < -0.3 is 24.4 Å². The fraction of sp³-hybridized carbons (Fsp3) is 0.529. The van der Waals surface area contributed by atoms with Crippen LogP contribution in [0.25, 0.3) is 0 Å². The number of nitrogens with one attached hydrogen (secondary N) is 3. The fourth-order valence-corrected chi connectivity index (χ4v) is 2.79. The number of rotatable bonds is 7. The number of quaternary nitrogens is 2. The molecule has 1 heterocycles. The number of carbonyl (C=O) groups excluding carboxylic acids is 1. The van der Waals surface area contributed by atoms with E-state index in [0.717, 1.165) is 32.7 Å². The number of methoxy groups -OCH3 is 2. The van der Waals surface area contributed by atoms with Gasteiger partial charge in [-0.2, -0.15) is 5.10 Å². The monoisotopic (exact) mass is 352 g/mol. The Hall–Kier alpha value is -2.32. The Morgan fingerprint density at radius 2 is 1.84 bits per heavy atom. The number of hydrazone groups is 1. The van der Waals surface area contributed by atoms with Gasteiger partial charge in [-0.05, 0) is 12.1 Å². The minimum atomic E-state index is -0.104. The lowest BCUT2D eigenvalue weighted by Gasteiger charge is -2.26. The van der Waals surface area contributed by atoms with Crippen molar-refractivity contribution in [1.29, 1.82) is 0 Å². The number of nitrogens with zero attached hydrogens (tertiary/aromatic N) is 1. The lowest BCUT2D eigenvalue weighted by atomic mass is 10.2. The number of ether oxygens (including phenoxy) is 2. The van der Waals surface area contributed by atoms with E-state index in [1.165, 1.54) is 25.3 Å². The van der Waals surface area contributed by atoms with Crippen LogP contribution in [0.2, 0.25) is 0 Å². The van der Waals surface area contributed by atoms with Crippen LogP contribution in [0.5, 0.6) is 17.2 Å². The molecule has 1 aliphatic rings. The molecule has 2 rings (SSSR count). The summed E-state index contributed by atoms with van der Waals surface area (Å²) in [6.45, 7) is 5.35. The number of likely N-dealkylation sites (N-methyl/N-ethyl adjacent to an activating group) is 1. The Labute approximate surface area is 148 Å². The largest absolute Gasteiger partial charge is 0.502 e. The van der Waals surface area contributed by atoms with Crippen molar-refractivity contribution in [2.24, 2.45) is 5.10 Å². The van der Waals surface area contributed by atoms with E-state index >= 15 is 0 Å². The van der Waals surface area contributed by atoms with E-state index in [0.29, 0.717) is 12.0 Å². The Bertz CT molecular complexity index is 588. The number of phenolic OH excluding ortho intramolecular Hbond substituents is 1. The molecule has 4 N–H and O–H groups in total. The molecule has 1 aromatic rings. The van der Waals surface area contributed by atoms with Gasteiger partial charge in [-0.25, -0.2) is 5.43 Å². The first kappa shape index (κ1) is 19.0. The van der Waals surface area contributed by atoms with E-state index in [-0.39, 0.29) is 23.2 Å². The number of piperazine rings is 1. The van der Waals surface area contributed by atoms with Crippen LogP contribution >= 0.6 is 0 Å². The molecule has 1 aromatic carbocycles. The van der Waals surface area contributed by atoms with Gasteiger partial charge in [0.05, 0.1) is 40.4 Å². The second-order valence-electron chi connectivity index (χ2n) is 6.27. The maximum absolute atomic E-state index is 11.9. The van der Waals surface area contributed by atoms with E-state index in [4.69, 9.17) is 9.47 Å². The number of benzene rings is 1. The third-order valence-electron chi connectivity index (χ3n) is 4.42. The van der Waals surface area contributed by atoms with E-state index in [1.807, 2.05) is 0 Å². The van der Waals surface area contributed by atoms with Crippen LogP contribution in [0.15, 0.2) is 17.2 Å². The van der Waals surface area contributed by atoms with E-state index in [1.54, 1.807) is 17.0 Å². The fourth-order valence-electron chi connectivity index (χ4n) is 2.79. The molecule has 1 saturated heterocycles. The zero-order valence-electron chi connectivity index (χ0n) is 15.1. The summed E-state index contributed by atoms with van der Waals surface area (Å²) in [6, 6.07) is 3.23. The van der Waals surface area contributed by atoms with Crippen LogP contribution in [0.4, 0.5) is 0 Å². The van der Waals surface area contributed by atoms with Crippen LogP contribution in [0.1, 0.15) is 12.0 Å². The highest BCUT2D eigenvalue weighted by Crippen LogP contribution is 2.36. The normalized spacial score (nSPS) is 20.4. The topological polar surface area (TPSA) is 89.0 Å². The molecule has 0 bridgehead atoms. The van der Waals surface area contributed by atoms with E-state index < -0.39 is 0 Å². The van der Waals surface area contributed by atoms with Gasteiger partial charge in [0.15, 0.2) is 11.5 Å². The van der Waals surface area contributed by atoms with Crippen molar-refractivity contribution in [3.63, 3.8) is 0 Å². The van der Waals surface area contributed by atoms with Gasteiger partial charge in [-0.15, -0.1) is 0 Å². The van der Waals surface area contributed by atoms with Crippen molar-refractivity contribution in [3.05, 3.63) is 17.7 Å². The van der Waals surface area contributed by atoms with Gasteiger partial charge >= 0.3 is 0 Å². The average molecular weight is 352 g/mol. The summed E-state index contributed by atoms with van der Waals surface area (Å²) in [7, 11) is 5.12. The van der Waals surface area contributed by atoms with Gasteiger partial charge in [0, 0.05) is 5.56 Å². The molecule has 0 aliphatic carbocycles. The molecule has 0 unspecified atom stereocenters. The first-order valence-corrected chi connectivity index (χ1v) is 8.45. The quantitative estimate of drug-likeness (QED) is 0.327. The van der Waals surface area contributed by atoms with Gasteiger partial charge in [0.1, 0.15) is 26.2 Å². The summed E-state index contributed by atoms with van der Waals surface area (Å²) in [6.07, 6.45) is 1.95. The molecular weight excluding hydrogens is 324 g/mol. The second kappa shape index (κ2) is 9.24.